The first-order valence-electron chi connectivity index (χ1n) is 6.48. The summed E-state index contributed by atoms with van der Waals surface area (Å²) in [5.74, 6) is 0. The van der Waals surface area contributed by atoms with E-state index in [4.69, 9.17) is 4.74 Å². The normalized spacial score (nSPS) is 26.7. The third kappa shape index (κ3) is 3.51. The molecule has 1 N–H and O–H groups in total. The molecule has 1 atom stereocenters. The predicted molar refractivity (Wildman–Crippen MR) is 68.8 cm³/mol. The quantitative estimate of drug-likeness (QED) is 0.869. The summed E-state index contributed by atoms with van der Waals surface area (Å²) in [5.41, 5.74) is 1.31. The number of aromatic nitrogens is 1. The number of hydrogen-bond acceptors (Lipinski definition) is 3. The van der Waals surface area contributed by atoms with Gasteiger partial charge in [-0.1, -0.05) is 0 Å². The van der Waals surface area contributed by atoms with Crippen LogP contribution >= 0.6 is 0 Å². The predicted octanol–water partition coefficient (Wildman–Crippen LogP) is 2.69. The van der Waals surface area contributed by atoms with E-state index in [0.29, 0.717) is 18.2 Å². The van der Waals surface area contributed by atoms with Crippen LogP contribution in [0.4, 0.5) is 0 Å². The van der Waals surface area contributed by atoms with Crippen LogP contribution in [-0.2, 0) is 4.74 Å². The van der Waals surface area contributed by atoms with Crippen molar-refractivity contribution in [2.24, 2.45) is 0 Å². The van der Waals surface area contributed by atoms with E-state index in [2.05, 4.69) is 29.4 Å². The summed E-state index contributed by atoms with van der Waals surface area (Å²) in [6.45, 7) is 2.22. The van der Waals surface area contributed by atoms with E-state index in [0.717, 1.165) is 0 Å². The van der Waals surface area contributed by atoms with Gasteiger partial charge in [-0.2, -0.15) is 0 Å². The molecular formula is C14H22N2O. The largest absolute Gasteiger partial charge is 0.381 e. The minimum atomic E-state index is 0.405. The topological polar surface area (TPSA) is 34.1 Å². The highest BCUT2D eigenvalue weighted by molar-refractivity contribution is 5.14. The van der Waals surface area contributed by atoms with E-state index in [1.54, 1.807) is 0 Å². The summed E-state index contributed by atoms with van der Waals surface area (Å²) >= 11 is 0. The second-order valence-electron chi connectivity index (χ2n) is 4.88. The third-order valence-electron chi connectivity index (χ3n) is 3.70. The van der Waals surface area contributed by atoms with E-state index in [1.165, 1.54) is 31.2 Å². The van der Waals surface area contributed by atoms with Gasteiger partial charge in [-0.05, 0) is 50.3 Å². The molecule has 1 fully saturated rings. The van der Waals surface area contributed by atoms with Gasteiger partial charge in [0.1, 0.15) is 0 Å². The van der Waals surface area contributed by atoms with Crippen LogP contribution in [0.1, 0.15) is 44.2 Å². The van der Waals surface area contributed by atoms with Crippen LogP contribution in [0.25, 0.3) is 0 Å². The van der Waals surface area contributed by atoms with Gasteiger partial charge in [-0.3, -0.25) is 4.98 Å². The molecule has 0 aromatic carbocycles. The maximum Gasteiger partial charge on any atom is 0.0572 e. The fourth-order valence-electron chi connectivity index (χ4n) is 2.57. The molecule has 2 rings (SSSR count). The van der Waals surface area contributed by atoms with Gasteiger partial charge in [-0.15, -0.1) is 0 Å². The SMILES string of the molecule is COC1CCC(NC(C)c2ccncc2)CC1. The standard InChI is InChI=1S/C14H22N2O/c1-11(12-7-9-15-10-8-12)16-13-3-5-14(17-2)6-4-13/h7-11,13-14,16H,3-6H2,1-2H3. The summed E-state index contributed by atoms with van der Waals surface area (Å²) in [4.78, 5) is 4.05. The Morgan fingerprint density at radius 3 is 2.47 bits per heavy atom. The van der Waals surface area contributed by atoms with Crippen LogP contribution < -0.4 is 5.32 Å². The average molecular weight is 234 g/mol. The maximum absolute atomic E-state index is 5.39. The van der Waals surface area contributed by atoms with Crippen LogP contribution in [-0.4, -0.2) is 24.2 Å². The van der Waals surface area contributed by atoms with Crippen molar-refractivity contribution in [1.82, 2.24) is 10.3 Å². The molecule has 1 saturated carbocycles. The number of hydrogen-bond donors (Lipinski definition) is 1. The molecule has 3 heteroatoms. The molecule has 3 nitrogen and oxygen atoms in total. The van der Waals surface area contributed by atoms with Gasteiger partial charge >= 0.3 is 0 Å². The number of ether oxygens (including phenoxy) is 1. The molecule has 94 valence electrons. The van der Waals surface area contributed by atoms with Crippen molar-refractivity contribution in [2.75, 3.05) is 7.11 Å². The Hall–Kier alpha value is -0.930. The molecular weight excluding hydrogens is 212 g/mol. The Kier molecular flexibility index (Phi) is 4.51. The lowest BCUT2D eigenvalue weighted by molar-refractivity contribution is 0.0614. The molecule has 17 heavy (non-hydrogen) atoms. The summed E-state index contributed by atoms with van der Waals surface area (Å²) in [6.07, 6.45) is 8.98. The zero-order valence-electron chi connectivity index (χ0n) is 10.7. The van der Waals surface area contributed by atoms with Gasteiger partial charge in [0.25, 0.3) is 0 Å². The summed E-state index contributed by atoms with van der Waals surface area (Å²) in [6, 6.07) is 5.20. The maximum atomic E-state index is 5.39. The van der Waals surface area contributed by atoms with Crippen LogP contribution in [0.5, 0.6) is 0 Å². The molecule has 1 heterocycles. The smallest absolute Gasteiger partial charge is 0.0572 e. The van der Waals surface area contributed by atoms with Gasteiger partial charge in [0, 0.05) is 31.6 Å². The number of pyridine rings is 1. The van der Waals surface area contributed by atoms with E-state index in [-0.39, 0.29) is 0 Å². The Labute approximate surface area is 104 Å². The lowest BCUT2D eigenvalue weighted by Gasteiger charge is -2.30. The van der Waals surface area contributed by atoms with Gasteiger partial charge in [0.2, 0.25) is 0 Å². The monoisotopic (exact) mass is 234 g/mol. The van der Waals surface area contributed by atoms with E-state index < -0.39 is 0 Å². The Morgan fingerprint density at radius 2 is 1.88 bits per heavy atom. The van der Waals surface area contributed by atoms with E-state index in [1.807, 2.05) is 19.5 Å². The van der Waals surface area contributed by atoms with Crippen LogP contribution in [0.2, 0.25) is 0 Å². The van der Waals surface area contributed by atoms with Gasteiger partial charge < -0.3 is 10.1 Å². The van der Waals surface area contributed by atoms with Gasteiger partial charge in [0.05, 0.1) is 6.10 Å². The highest BCUT2D eigenvalue weighted by Crippen LogP contribution is 2.23. The van der Waals surface area contributed by atoms with E-state index in [9.17, 15) is 0 Å². The number of nitrogens with one attached hydrogen (secondary N) is 1. The lowest BCUT2D eigenvalue weighted by atomic mass is 9.92. The molecule has 0 spiro atoms. The molecule has 1 aromatic rings. The van der Waals surface area contributed by atoms with Crippen molar-refractivity contribution >= 4 is 0 Å². The fourth-order valence-corrected chi connectivity index (χ4v) is 2.57. The van der Waals surface area contributed by atoms with Crippen LogP contribution in [0.15, 0.2) is 24.5 Å². The number of rotatable bonds is 4. The highest BCUT2D eigenvalue weighted by atomic mass is 16.5. The van der Waals surface area contributed by atoms with Crippen molar-refractivity contribution in [2.45, 2.75) is 50.8 Å². The lowest BCUT2D eigenvalue weighted by Crippen LogP contribution is -2.36. The Bertz CT molecular complexity index is 320. The van der Waals surface area contributed by atoms with Crippen molar-refractivity contribution in [3.63, 3.8) is 0 Å². The Balaban J connectivity index is 1.82. The first-order valence-corrected chi connectivity index (χ1v) is 6.48. The molecule has 0 radical (unpaired) electrons. The fraction of sp³-hybridized carbons (Fsp3) is 0.643. The minimum absolute atomic E-state index is 0.405. The first kappa shape index (κ1) is 12.5. The molecule has 1 unspecified atom stereocenters. The summed E-state index contributed by atoms with van der Waals surface area (Å²) in [5, 5.41) is 3.70. The third-order valence-corrected chi connectivity index (χ3v) is 3.70. The minimum Gasteiger partial charge on any atom is -0.381 e. The number of nitrogens with zero attached hydrogens (tertiary/aromatic N) is 1. The molecule has 0 saturated heterocycles. The Morgan fingerprint density at radius 1 is 1.24 bits per heavy atom. The molecule has 1 aromatic heterocycles. The zero-order chi connectivity index (χ0) is 12.1. The van der Waals surface area contributed by atoms with Crippen molar-refractivity contribution < 1.29 is 4.74 Å². The second kappa shape index (κ2) is 6.12. The van der Waals surface area contributed by atoms with Crippen molar-refractivity contribution in [3.05, 3.63) is 30.1 Å². The van der Waals surface area contributed by atoms with Crippen molar-refractivity contribution in [1.29, 1.82) is 0 Å². The highest BCUT2D eigenvalue weighted by Gasteiger charge is 2.21. The van der Waals surface area contributed by atoms with Gasteiger partial charge in [-0.25, -0.2) is 0 Å². The molecule has 0 amide bonds. The zero-order valence-corrected chi connectivity index (χ0v) is 10.7. The van der Waals surface area contributed by atoms with Gasteiger partial charge in [0.15, 0.2) is 0 Å². The molecule has 0 bridgehead atoms. The first-order chi connectivity index (χ1) is 8.29. The summed E-state index contributed by atoms with van der Waals surface area (Å²) in [7, 11) is 1.82. The molecule has 1 aliphatic carbocycles. The molecule has 1 aliphatic rings. The second-order valence-corrected chi connectivity index (χ2v) is 4.88. The van der Waals surface area contributed by atoms with E-state index >= 15 is 0 Å². The van der Waals surface area contributed by atoms with Crippen molar-refractivity contribution in [3.8, 4) is 0 Å². The van der Waals surface area contributed by atoms with Crippen LogP contribution in [0, 0.1) is 0 Å². The average Bonchev–Trinajstić information content (AvgIpc) is 2.40. The molecule has 0 aliphatic heterocycles. The summed E-state index contributed by atoms with van der Waals surface area (Å²) < 4.78 is 5.39. The van der Waals surface area contributed by atoms with Crippen LogP contribution in [0.3, 0.4) is 0 Å². The number of methoxy groups -OCH3 is 1.